The molecule has 0 amide bonds. The molecule has 0 spiro atoms. The number of carbonyl (C=O) groups excluding carboxylic acids is 2. The molecular weight excluding hydrogens is 160 g/mol. The summed E-state index contributed by atoms with van der Waals surface area (Å²) in [5.74, 6) is -0.318. The van der Waals surface area contributed by atoms with Crippen LogP contribution in [0, 0.1) is 0 Å². The molecule has 0 aliphatic rings. The second-order valence-electron chi connectivity index (χ2n) is 2.23. The first-order valence-electron chi connectivity index (χ1n) is 3.95. The molecule has 0 aromatic rings. The molecule has 0 rings (SSSR count). The van der Waals surface area contributed by atoms with Crippen molar-refractivity contribution in [3.8, 4) is 0 Å². The topological polar surface area (TPSA) is 52.6 Å². The number of Topliss-reactive ketones (excluding diaryl/α,β-unsaturated/α-hetero) is 1. The summed E-state index contributed by atoms with van der Waals surface area (Å²) in [6, 6.07) is 0. The van der Waals surface area contributed by atoms with E-state index in [1.54, 1.807) is 13.8 Å². The van der Waals surface area contributed by atoms with Crippen molar-refractivity contribution >= 4 is 11.8 Å². The van der Waals surface area contributed by atoms with E-state index in [1.807, 2.05) is 0 Å². The second kappa shape index (κ2) is 6.79. The molecule has 0 atom stereocenters. The summed E-state index contributed by atoms with van der Waals surface area (Å²) in [5.41, 5.74) is 0. The van der Waals surface area contributed by atoms with Crippen molar-refractivity contribution in [1.29, 1.82) is 0 Å². The smallest absolute Gasteiger partial charge is 0.307 e. The van der Waals surface area contributed by atoms with Gasteiger partial charge in [0.15, 0.2) is 12.6 Å². The monoisotopic (exact) mass is 174 g/mol. The first kappa shape index (κ1) is 11.1. The van der Waals surface area contributed by atoms with Gasteiger partial charge in [0.25, 0.3) is 0 Å². The summed E-state index contributed by atoms with van der Waals surface area (Å²) in [5, 5.41) is 0. The molecule has 0 radical (unpaired) electrons. The molecule has 0 aliphatic carbocycles. The summed E-state index contributed by atoms with van der Waals surface area (Å²) in [7, 11) is 0. The van der Waals surface area contributed by atoms with Gasteiger partial charge in [-0.1, -0.05) is 13.8 Å². The Morgan fingerprint density at radius 3 is 2.33 bits per heavy atom. The lowest BCUT2D eigenvalue weighted by Gasteiger charge is -2.02. The van der Waals surface area contributed by atoms with Gasteiger partial charge in [-0.2, -0.15) is 0 Å². The molecule has 70 valence electrons. The fourth-order valence-corrected chi connectivity index (χ4v) is 0.467. The van der Waals surface area contributed by atoms with Crippen molar-refractivity contribution < 1.29 is 19.1 Å². The van der Waals surface area contributed by atoms with Gasteiger partial charge in [-0.3, -0.25) is 9.59 Å². The lowest BCUT2D eigenvalue weighted by atomic mass is 10.3. The number of esters is 1. The summed E-state index contributed by atoms with van der Waals surface area (Å²) >= 11 is 0. The van der Waals surface area contributed by atoms with E-state index in [2.05, 4.69) is 4.74 Å². The highest BCUT2D eigenvalue weighted by molar-refractivity contribution is 5.79. The molecule has 0 aliphatic heterocycles. The van der Waals surface area contributed by atoms with Gasteiger partial charge in [-0.15, -0.1) is 0 Å². The number of ether oxygens (including phenoxy) is 2. The van der Waals surface area contributed by atoms with Crippen molar-refractivity contribution in [3.63, 3.8) is 0 Å². The molecular formula is C8H14O4. The van der Waals surface area contributed by atoms with Gasteiger partial charge < -0.3 is 9.47 Å². The fourth-order valence-electron chi connectivity index (χ4n) is 0.467. The highest BCUT2D eigenvalue weighted by atomic mass is 16.7. The van der Waals surface area contributed by atoms with Gasteiger partial charge in [0, 0.05) is 12.8 Å². The predicted octanol–water partition coefficient (Wildman–Crippen LogP) is 0.893. The Kier molecular flexibility index (Phi) is 6.28. The number of hydrogen-bond donors (Lipinski definition) is 0. The van der Waals surface area contributed by atoms with Gasteiger partial charge in [-0.25, -0.2) is 0 Å². The van der Waals surface area contributed by atoms with Gasteiger partial charge in [0.1, 0.15) is 6.61 Å². The summed E-state index contributed by atoms with van der Waals surface area (Å²) < 4.78 is 9.34. The zero-order valence-electron chi connectivity index (χ0n) is 7.46. The van der Waals surface area contributed by atoms with Crippen LogP contribution in [0.15, 0.2) is 0 Å². The van der Waals surface area contributed by atoms with Crippen LogP contribution < -0.4 is 0 Å². The molecule has 4 heteroatoms. The van der Waals surface area contributed by atoms with Crippen molar-refractivity contribution in [2.45, 2.75) is 26.7 Å². The molecule has 0 heterocycles. The summed E-state index contributed by atoms with van der Waals surface area (Å²) in [6.07, 6.45) is 0.771. The van der Waals surface area contributed by atoms with Gasteiger partial charge in [-0.05, 0) is 0 Å². The lowest BCUT2D eigenvalue weighted by Crippen LogP contribution is -2.12. The van der Waals surface area contributed by atoms with Crippen LogP contribution in [0.5, 0.6) is 0 Å². The van der Waals surface area contributed by atoms with Crippen LogP contribution in [-0.2, 0) is 19.1 Å². The van der Waals surface area contributed by atoms with Crippen molar-refractivity contribution in [2.24, 2.45) is 0 Å². The minimum Gasteiger partial charge on any atom is -0.438 e. The third-order valence-corrected chi connectivity index (χ3v) is 1.25. The summed E-state index contributed by atoms with van der Waals surface area (Å²) in [4.78, 5) is 21.2. The molecule has 12 heavy (non-hydrogen) atoms. The van der Waals surface area contributed by atoms with Crippen molar-refractivity contribution in [1.82, 2.24) is 0 Å². The molecule has 0 aromatic carbocycles. The molecule has 4 nitrogen and oxygen atoms in total. The first-order valence-corrected chi connectivity index (χ1v) is 3.95. The Labute approximate surface area is 71.8 Å². The zero-order valence-corrected chi connectivity index (χ0v) is 7.46. The Bertz CT molecular complexity index is 135. The van der Waals surface area contributed by atoms with E-state index in [0.717, 1.165) is 0 Å². The minimum absolute atomic E-state index is 0.00236. The van der Waals surface area contributed by atoms with E-state index in [-0.39, 0.29) is 25.2 Å². The fraction of sp³-hybridized carbons (Fsp3) is 0.750. The maximum Gasteiger partial charge on any atom is 0.307 e. The highest BCUT2D eigenvalue weighted by Crippen LogP contribution is 1.87. The molecule has 0 bridgehead atoms. The molecule has 0 aromatic heterocycles. The van der Waals surface area contributed by atoms with E-state index >= 15 is 0 Å². The Hall–Kier alpha value is -0.900. The second-order valence-corrected chi connectivity index (χ2v) is 2.23. The zero-order chi connectivity index (χ0) is 9.40. The van der Waals surface area contributed by atoms with E-state index in [0.29, 0.717) is 12.8 Å². The number of rotatable bonds is 6. The third kappa shape index (κ3) is 5.85. The van der Waals surface area contributed by atoms with Crippen LogP contribution in [0.4, 0.5) is 0 Å². The van der Waals surface area contributed by atoms with Gasteiger partial charge >= 0.3 is 5.97 Å². The standard InChI is InChI=1S/C8H14O4/c1-3-7(9)5-11-6-12-8(10)4-2/h3-6H2,1-2H3. The molecule has 0 N–H and O–H groups in total. The minimum atomic E-state index is -0.320. The van der Waals surface area contributed by atoms with Crippen LogP contribution in [0.2, 0.25) is 0 Å². The van der Waals surface area contributed by atoms with Crippen LogP contribution in [0.3, 0.4) is 0 Å². The number of carbonyl (C=O) groups is 2. The van der Waals surface area contributed by atoms with E-state index in [9.17, 15) is 9.59 Å². The number of ketones is 1. The normalized spacial score (nSPS) is 9.50. The third-order valence-electron chi connectivity index (χ3n) is 1.25. The van der Waals surface area contributed by atoms with Crippen LogP contribution in [-0.4, -0.2) is 25.2 Å². The van der Waals surface area contributed by atoms with Crippen LogP contribution in [0.1, 0.15) is 26.7 Å². The molecule has 0 unspecified atom stereocenters. The molecule has 0 saturated heterocycles. The SMILES string of the molecule is CCC(=O)COCOC(=O)CC. The Morgan fingerprint density at radius 1 is 1.17 bits per heavy atom. The average Bonchev–Trinajstić information content (AvgIpc) is 2.11. The Morgan fingerprint density at radius 2 is 1.83 bits per heavy atom. The quantitative estimate of drug-likeness (QED) is 0.341. The van der Waals surface area contributed by atoms with E-state index in [1.165, 1.54) is 0 Å². The summed E-state index contributed by atoms with van der Waals surface area (Å²) in [6.45, 7) is 3.34. The van der Waals surface area contributed by atoms with Gasteiger partial charge in [0.05, 0.1) is 0 Å². The molecule has 0 fully saturated rings. The van der Waals surface area contributed by atoms with Crippen molar-refractivity contribution in [3.05, 3.63) is 0 Å². The largest absolute Gasteiger partial charge is 0.438 e. The van der Waals surface area contributed by atoms with Gasteiger partial charge in [0.2, 0.25) is 0 Å². The van der Waals surface area contributed by atoms with E-state index in [4.69, 9.17) is 4.74 Å². The Balaban J connectivity index is 3.21. The molecule has 0 saturated carbocycles. The van der Waals surface area contributed by atoms with E-state index < -0.39 is 0 Å². The van der Waals surface area contributed by atoms with Crippen molar-refractivity contribution in [2.75, 3.05) is 13.4 Å². The van der Waals surface area contributed by atoms with Crippen LogP contribution in [0.25, 0.3) is 0 Å². The predicted molar refractivity (Wildman–Crippen MR) is 42.5 cm³/mol. The highest BCUT2D eigenvalue weighted by Gasteiger charge is 2.00. The van der Waals surface area contributed by atoms with Crippen LogP contribution >= 0.6 is 0 Å². The average molecular weight is 174 g/mol. The first-order chi connectivity index (χ1) is 5.70. The number of hydrogen-bond acceptors (Lipinski definition) is 4. The maximum atomic E-state index is 10.7. The maximum absolute atomic E-state index is 10.7. The lowest BCUT2D eigenvalue weighted by molar-refractivity contribution is -0.158.